The molecule has 0 aliphatic carbocycles. The Hall–Kier alpha value is -2.09. The Labute approximate surface area is 135 Å². The number of nitrogens with zero attached hydrogens (tertiary/aromatic N) is 2. The van der Waals surface area contributed by atoms with E-state index in [2.05, 4.69) is 15.3 Å². The molecule has 0 spiro atoms. The lowest BCUT2D eigenvalue weighted by Crippen LogP contribution is -2.15. The van der Waals surface area contributed by atoms with Crippen LogP contribution in [0.25, 0.3) is 0 Å². The average Bonchev–Trinajstić information content (AvgIpc) is 2.46. The second-order valence-corrected chi connectivity index (χ2v) is 5.82. The van der Waals surface area contributed by atoms with Crippen molar-refractivity contribution in [1.82, 2.24) is 9.97 Å². The lowest BCUT2D eigenvalue weighted by molar-refractivity contribution is -0.141. The van der Waals surface area contributed by atoms with Crippen molar-refractivity contribution in [3.63, 3.8) is 0 Å². The molecule has 1 N–H and O–H groups in total. The molecule has 1 aromatic heterocycles. The van der Waals surface area contributed by atoms with Crippen LogP contribution in [0.2, 0.25) is 0 Å². The van der Waals surface area contributed by atoms with E-state index in [1.165, 1.54) is 6.92 Å². The minimum atomic E-state index is -4.53. The van der Waals surface area contributed by atoms with Crippen molar-refractivity contribution >= 4 is 23.4 Å². The Balaban J connectivity index is 1.99. The van der Waals surface area contributed by atoms with E-state index in [0.717, 1.165) is 23.4 Å². The zero-order valence-electron chi connectivity index (χ0n) is 12.4. The number of alkyl halides is 3. The molecule has 4 nitrogen and oxygen atoms in total. The van der Waals surface area contributed by atoms with Gasteiger partial charge in [-0.3, -0.25) is 4.79 Å². The molecule has 0 bridgehead atoms. The number of benzene rings is 1. The number of carbonyl (C=O) groups excluding carboxylic acids is 1. The van der Waals surface area contributed by atoms with E-state index in [0.29, 0.717) is 5.69 Å². The molecular formula is C15H14F3N3OS. The van der Waals surface area contributed by atoms with Crippen LogP contribution in [0, 0.1) is 13.8 Å². The van der Waals surface area contributed by atoms with Crippen LogP contribution in [0.5, 0.6) is 0 Å². The van der Waals surface area contributed by atoms with Gasteiger partial charge in [0.1, 0.15) is 5.69 Å². The minimum Gasteiger partial charge on any atom is -0.325 e. The number of carbonyl (C=O) groups is 1. The summed E-state index contributed by atoms with van der Waals surface area (Å²) < 4.78 is 38.1. The van der Waals surface area contributed by atoms with Crippen LogP contribution < -0.4 is 5.32 Å². The van der Waals surface area contributed by atoms with E-state index in [1.54, 1.807) is 12.1 Å². The molecule has 0 fully saturated rings. The van der Waals surface area contributed by atoms with Gasteiger partial charge in [0.15, 0.2) is 5.16 Å². The molecule has 1 heterocycles. The minimum absolute atomic E-state index is 0.0728. The summed E-state index contributed by atoms with van der Waals surface area (Å²) >= 11 is 0.861. The SMILES string of the molecule is Cc1ccc(NC(=O)CSc2nc(C)cc(C(F)(F)F)n2)cc1. The van der Waals surface area contributed by atoms with Crippen LogP contribution in [-0.2, 0) is 11.0 Å². The summed E-state index contributed by atoms with van der Waals surface area (Å²) in [7, 11) is 0. The first-order valence-electron chi connectivity index (χ1n) is 6.66. The lowest BCUT2D eigenvalue weighted by atomic mass is 10.2. The molecule has 122 valence electrons. The topological polar surface area (TPSA) is 54.9 Å². The first kappa shape index (κ1) is 17.3. The van der Waals surface area contributed by atoms with Gasteiger partial charge in [0.25, 0.3) is 0 Å². The number of hydrogen-bond acceptors (Lipinski definition) is 4. The summed E-state index contributed by atoms with van der Waals surface area (Å²) in [6, 6.07) is 8.08. The van der Waals surface area contributed by atoms with E-state index < -0.39 is 11.9 Å². The standard InChI is InChI=1S/C15H14F3N3OS/c1-9-3-5-11(6-4-9)20-13(22)8-23-14-19-10(2)7-12(21-14)15(16,17)18/h3-7H,8H2,1-2H3,(H,20,22). The number of aromatic nitrogens is 2. The summed E-state index contributed by atoms with van der Waals surface area (Å²) in [4.78, 5) is 19.2. The van der Waals surface area contributed by atoms with Crippen molar-refractivity contribution in [2.24, 2.45) is 0 Å². The number of nitrogens with one attached hydrogen (secondary N) is 1. The highest BCUT2D eigenvalue weighted by Crippen LogP contribution is 2.29. The predicted molar refractivity (Wildman–Crippen MR) is 82.3 cm³/mol. The zero-order valence-corrected chi connectivity index (χ0v) is 13.3. The highest BCUT2D eigenvalue weighted by Gasteiger charge is 2.33. The summed E-state index contributed by atoms with van der Waals surface area (Å²) in [5, 5.41) is 2.59. The first-order chi connectivity index (χ1) is 10.7. The molecule has 0 radical (unpaired) electrons. The number of halogens is 3. The number of aryl methyl sites for hydroxylation is 2. The fourth-order valence-corrected chi connectivity index (χ4v) is 2.42. The Morgan fingerprint density at radius 2 is 1.83 bits per heavy atom. The Kier molecular flexibility index (Phi) is 5.25. The zero-order chi connectivity index (χ0) is 17.0. The van der Waals surface area contributed by atoms with Gasteiger partial charge in [-0.05, 0) is 32.0 Å². The van der Waals surface area contributed by atoms with E-state index >= 15 is 0 Å². The van der Waals surface area contributed by atoms with Gasteiger partial charge in [0.05, 0.1) is 5.75 Å². The molecule has 0 unspecified atom stereocenters. The van der Waals surface area contributed by atoms with E-state index in [1.807, 2.05) is 19.1 Å². The van der Waals surface area contributed by atoms with Crippen LogP contribution >= 0.6 is 11.8 Å². The number of hydrogen-bond donors (Lipinski definition) is 1. The lowest BCUT2D eigenvalue weighted by Gasteiger charge is -2.09. The summed E-state index contributed by atoms with van der Waals surface area (Å²) in [6.07, 6.45) is -4.53. The highest BCUT2D eigenvalue weighted by atomic mass is 32.2. The van der Waals surface area contributed by atoms with Crippen LogP contribution in [0.3, 0.4) is 0 Å². The van der Waals surface area contributed by atoms with E-state index in [9.17, 15) is 18.0 Å². The molecule has 0 saturated carbocycles. The third-order valence-electron chi connectivity index (χ3n) is 2.79. The van der Waals surface area contributed by atoms with Crippen molar-refractivity contribution in [2.45, 2.75) is 25.2 Å². The van der Waals surface area contributed by atoms with Gasteiger partial charge in [-0.25, -0.2) is 9.97 Å². The molecule has 2 rings (SSSR count). The van der Waals surface area contributed by atoms with E-state index in [4.69, 9.17) is 0 Å². The van der Waals surface area contributed by atoms with Gasteiger partial charge in [-0.2, -0.15) is 13.2 Å². The normalized spacial score (nSPS) is 11.3. The third kappa shape index (κ3) is 5.24. The van der Waals surface area contributed by atoms with Crippen molar-refractivity contribution < 1.29 is 18.0 Å². The maximum absolute atomic E-state index is 12.7. The maximum atomic E-state index is 12.7. The molecule has 0 saturated heterocycles. The maximum Gasteiger partial charge on any atom is 0.433 e. The highest BCUT2D eigenvalue weighted by molar-refractivity contribution is 7.99. The number of amides is 1. The summed E-state index contributed by atoms with van der Waals surface area (Å²) in [5.74, 6) is -0.410. The van der Waals surface area contributed by atoms with Gasteiger partial charge >= 0.3 is 6.18 Å². The molecular weight excluding hydrogens is 327 g/mol. The third-order valence-corrected chi connectivity index (χ3v) is 3.64. The fraction of sp³-hybridized carbons (Fsp3) is 0.267. The smallest absolute Gasteiger partial charge is 0.325 e. The molecule has 2 aromatic rings. The largest absolute Gasteiger partial charge is 0.433 e. The molecule has 0 aliphatic heterocycles. The summed E-state index contributed by atoms with van der Waals surface area (Å²) in [5.41, 5.74) is 0.882. The van der Waals surface area contributed by atoms with Crippen LogP contribution in [0.15, 0.2) is 35.5 Å². The van der Waals surface area contributed by atoms with Crippen molar-refractivity contribution in [1.29, 1.82) is 0 Å². The predicted octanol–water partition coefficient (Wildman–Crippen LogP) is 3.84. The Morgan fingerprint density at radius 1 is 1.17 bits per heavy atom. The monoisotopic (exact) mass is 341 g/mol. The fourth-order valence-electron chi connectivity index (χ4n) is 1.72. The van der Waals surface area contributed by atoms with Crippen molar-refractivity contribution in [2.75, 3.05) is 11.1 Å². The summed E-state index contributed by atoms with van der Waals surface area (Å²) in [6.45, 7) is 3.38. The van der Waals surface area contributed by atoms with Gasteiger partial charge in [0, 0.05) is 11.4 Å². The Morgan fingerprint density at radius 3 is 2.43 bits per heavy atom. The molecule has 1 amide bonds. The molecule has 0 atom stereocenters. The van der Waals surface area contributed by atoms with Crippen molar-refractivity contribution in [3.05, 3.63) is 47.3 Å². The van der Waals surface area contributed by atoms with Crippen molar-refractivity contribution in [3.8, 4) is 0 Å². The molecule has 0 aliphatic rings. The second kappa shape index (κ2) is 6.99. The number of rotatable bonds is 4. The van der Waals surface area contributed by atoms with Gasteiger partial charge in [0.2, 0.25) is 5.91 Å². The Bertz CT molecular complexity index is 702. The van der Waals surface area contributed by atoms with E-state index in [-0.39, 0.29) is 22.5 Å². The van der Waals surface area contributed by atoms with Gasteiger partial charge in [-0.1, -0.05) is 29.5 Å². The molecule has 8 heteroatoms. The average molecular weight is 341 g/mol. The molecule has 23 heavy (non-hydrogen) atoms. The first-order valence-corrected chi connectivity index (χ1v) is 7.65. The van der Waals surface area contributed by atoms with Crippen LogP contribution in [0.1, 0.15) is 17.0 Å². The van der Waals surface area contributed by atoms with Gasteiger partial charge < -0.3 is 5.32 Å². The number of thioether (sulfide) groups is 1. The second-order valence-electron chi connectivity index (χ2n) is 4.88. The molecule has 1 aromatic carbocycles. The van der Waals surface area contributed by atoms with Crippen LogP contribution in [-0.4, -0.2) is 21.6 Å². The van der Waals surface area contributed by atoms with Gasteiger partial charge in [-0.15, -0.1) is 0 Å². The number of anilines is 1. The van der Waals surface area contributed by atoms with Crippen LogP contribution in [0.4, 0.5) is 18.9 Å². The quantitative estimate of drug-likeness (QED) is 0.678.